The molecule has 214 valence electrons. The average Bonchev–Trinajstić information content (AvgIpc) is 3.69. The first-order valence-electron chi connectivity index (χ1n) is 15.7. The molecule has 9 aromatic rings. The fourth-order valence-electron chi connectivity index (χ4n) is 7.21. The molecule has 10 rings (SSSR count). The van der Waals surface area contributed by atoms with Gasteiger partial charge in [-0.1, -0.05) is 121 Å². The molecular formula is C43H26N2O. The van der Waals surface area contributed by atoms with Gasteiger partial charge in [-0.3, -0.25) is 0 Å². The molecule has 0 saturated carbocycles. The van der Waals surface area contributed by atoms with Crippen molar-refractivity contribution in [2.24, 2.45) is 0 Å². The van der Waals surface area contributed by atoms with Crippen LogP contribution in [0.2, 0.25) is 0 Å². The van der Waals surface area contributed by atoms with Crippen LogP contribution in [-0.2, 0) is 6.42 Å². The molecule has 3 heteroatoms. The fourth-order valence-corrected chi connectivity index (χ4v) is 7.21. The smallest absolute Gasteiger partial charge is 0.160 e. The second-order valence-corrected chi connectivity index (χ2v) is 12.2. The standard InChI is InChI=1S/C43H26N2O/c1-2-8-33-30(7-1)24-32-23-29(20-21-34(32)33)26-13-16-28(17-14-26)43-44-39-11-5-3-10-37(39)41(45-43)31-18-15-27-19-22-36-35-9-4-6-12-40(35)46-42(36)38(27)25-31/h1-23,25H,24H2. The van der Waals surface area contributed by atoms with E-state index in [0.717, 1.165) is 66.9 Å². The molecule has 1 aliphatic carbocycles. The normalized spacial score (nSPS) is 12.3. The molecule has 1 aliphatic rings. The maximum absolute atomic E-state index is 6.39. The van der Waals surface area contributed by atoms with Crippen LogP contribution < -0.4 is 0 Å². The van der Waals surface area contributed by atoms with E-state index in [1.54, 1.807) is 0 Å². The maximum atomic E-state index is 6.39. The van der Waals surface area contributed by atoms with E-state index < -0.39 is 0 Å². The molecule has 0 fully saturated rings. The Kier molecular flexibility index (Phi) is 5.34. The molecule has 0 radical (unpaired) electrons. The molecular weight excluding hydrogens is 560 g/mol. The summed E-state index contributed by atoms with van der Waals surface area (Å²) >= 11 is 0. The van der Waals surface area contributed by atoms with Crippen molar-refractivity contribution in [3.63, 3.8) is 0 Å². The minimum atomic E-state index is 0.715. The van der Waals surface area contributed by atoms with Crippen LogP contribution >= 0.6 is 0 Å². The van der Waals surface area contributed by atoms with Crippen molar-refractivity contribution in [1.82, 2.24) is 9.97 Å². The fraction of sp³-hybridized carbons (Fsp3) is 0.0233. The number of furan rings is 1. The molecule has 0 bridgehead atoms. The summed E-state index contributed by atoms with van der Waals surface area (Å²) in [5.41, 5.74) is 13.6. The van der Waals surface area contributed by atoms with Gasteiger partial charge in [0.15, 0.2) is 5.82 Å². The second-order valence-electron chi connectivity index (χ2n) is 12.2. The number of fused-ring (bicyclic) bond motifs is 9. The Labute approximate surface area is 265 Å². The van der Waals surface area contributed by atoms with E-state index in [-0.39, 0.29) is 0 Å². The van der Waals surface area contributed by atoms with Crippen LogP contribution in [0.3, 0.4) is 0 Å². The Hall–Kier alpha value is -6.06. The van der Waals surface area contributed by atoms with Crippen LogP contribution in [0.4, 0.5) is 0 Å². The van der Waals surface area contributed by atoms with E-state index in [2.05, 4.69) is 127 Å². The molecule has 0 unspecified atom stereocenters. The summed E-state index contributed by atoms with van der Waals surface area (Å²) in [5, 5.41) is 5.50. The van der Waals surface area contributed by atoms with Crippen molar-refractivity contribution in [1.29, 1.82) is 0 Å². The summed E-state index contributed by atoms with van der Waals surface area (Å²) in [7, 11) is 0. The van der Waals surface area contributed by atoms with Crippen LogP contribution in [-0.4, -0.2) is 9.97 Å². The Morgan fingerprint density at radius 2 is 1.17 bits per heavy atom. The first kappa shape index (κ1) is 25.3. The van der Waals surface area contributed by atoms with Crippen molar-refractivity contribution in [3.8, 4) is 44.9 Å². The average molecular weight is 587 g/mol. The van der Waals surface area contributed by atoms with Crippen LogP contribution in [0, 0.1) is 0 Å². The van der Waals surface area contributed by atoms with Gasteiger partial charge in [-0.15, -0.1) is 0 Å². The van der Waals surface area contributed by atoms with Crippen LogP contribution in [0.1, 0.15) is 11.1 Å². The molecule has 2 heterocycles. The van der Waals surface area contributed by atoms with Crippen molar-refractivity contribution in [2.75, 3.05) is 0 Å². The van der Waals surface area contributed by atoms with Gasteiger partial charge in [-0.05, 0) is 69.5 Å². The van der Waals surface area contributed by atoms with E-state index in [0.29, 0.717) is 5.82 Å². The van der Waals surface area contributed by atoms with E-state index in [1.807, 2.05) is 18.2 Å². The summed E-state index contributed by atoms with van der Waals surface area (Å²) in [6, 6.07) is 51.6. The van der Waals surface area contributed by atoms with Gasteiger partial charge in [-0.25, -0.2) is 9.97 Å². The highest BCUT2D eigenvalue weighted by Gasteiger charge is 2.19. The number of benzene rings is 7. The molecule has 0 amide bonds. The second kappa shape index (κ2) is 9.72. The summed E-state index contributed by atoms with van der Waals surface area (Å²) in [5.74, 6) is 0.715. The van der Waals surface area contributed by atoms with Crippen molar-refractivity contribution in [3.05, 3.63) is 157 Å². The van der Waals surface area contributed by atoms with Crippen LogP contribution in [0.25, 0.3) is 88.5 Å². The van der Waals surface area contributed by atoms with Gasteiger partial charge in [0.1, 0.15) is 11.2 Å². The molecule has 0 saturated heterocycles. The highest BCUT2D eigenvalue weighted by Crippen LogP contribution is 2.40. The lowest BCUT2D eigenvalue weighted by Gasteiger charge is -2.11. The minimum Gasteiger partial charge on any atom is -0.455 e. The minimum absolute atomic E-state index is 0.715. The van der Waals surface area contributed by atoms with E-state index in [4.69, 9.17) is 14.4 Å². The van der Waals surface area contributed by atoms with Gasteiger partial charge in [0.05, 0.1) is 11.2 Å². The Balaban J connectivity index is 1.07. The number of hydrogen-bond donors (Lipinski definition) is 0. The van der Waals surface area contributed by atoms with Gasteiger partial charge in [0.2, 0.25) is 0 Å². The first-order chi connectivity index (χ1) is 22.8. The Bertz CT molecular complexity index is 2670. The highest BCUT2D eigenvalue weighted by atomic mass is 16.3. The third-order valence-electron chi connectivity index (χ3n) is 9.51. The molecule has 0 spiro atoms. The van der Waals surface area contributed by atoms with Crippen molar-refractivity contribution in [2.45, 2.75) is 6.42 Å². The SMILES string of the molecule is c1ccc2c(c1)Cc1cc(-c3ccc(-c4nc(-c5ccc6ccc7c8ccccc8oc7c6c5)c5ccccc5n4)cc3)ccc1-2. The van der Waals surface area contributed by atoms with Crippen molar-refractivity contribution < 1.29 is 4.42 Å². The Morgan fingerprint density at radius 3 is 2.11 bits per heavy atom. The third kappa shape index (κ3) is 3.85. The van der Waals surface area contributed by atoms with Crippen LogP contribution in [0.5, 0.6) is 0 Å². The lowest BCUT2D eigenvalue weighted by atomic mass is 9.98. The zero-order chi connectivity index (χ0) is 30.2. The topological polar surface area (TPSA) is 38.9 Å². The number of nitrogens with zero attached hydrogens (tertiary/aromatic N) is 2. The number of aromatic nitrogens is 2. The molecule has 7 aromatic carbocycles. The molecule has 46 heavy (non-hydrogen) atoms. The molecule has 0 atom stereocenters. The summed E-state index contributed by atoms with van der Waals surface area (Å²) in [6.45, 7) is 0. The predicted octanol–water partition coefficient (Wildman–Crippen LogP) is 11.3. The number of rotatable bonds is 3. The number of para-hydroxylation sites is 2. The lowest BCUT2D eigenvalue weighted by Crippen LogP contribution is -1.95. The molecule has 0 N–H and O–H groups in total. The quantitative estimate of drug-likeness (QED) is 0.207. The highest BCUT2D eigenvalue weighted by molar-refractivity contribution is 6.15. The molecule has 0 aliphatic heterocycles. The summed E-state index contributed by atoms with van der Waals surface area (Å²) in [6.07, 6.45) is 0.988. The zero-order valence-electron chi connectivity index (χ0n) is 24.9. The van der Waals surface area contributed by atoms with Crippen LogP contribution in [0.15, 0.2) is 150 Å². The third-order valence-corrected chi connectivity index (χ3v) is 9.51. The monoisotopic (exact) mass is 586 g/mol. The van der Waals surface area contributed by atoms with Gasteiger partial charge in [-0.2, -0.15) is 0 Å². The zero-order valence-corrected chi connectivity index (χ0v) is 24.9. The predicted molar refractivity (Wildman–Crippen MR) is 189 cm³/mol. The van der Waals surface area contributed by atoms with E-state index in [1.165, 1.54) is 33.4 Å². The molecule has 3 nitrogen and oxygen atoms in total. The van der Waals surface area contributed by atoms with Gasteiger partial charge in [0.25, 0.3) is 0 Å². The summed E-state index contributed by atoms with van der Waals surface area (Å²) < 4.78 is 6.39. The largest absolute Gasteiger partial charge is 0.455 e. The lowest BCUT2D eigenvalue weighted by molar-refractivity contribution is 0.672. The molecule has 2 aromatic heterocycles. The van der Waals surface area contributed by atoms with Gasteiger partial charge in [0, 0.05) is 32.7 Å². The van der Waals surface area contributed by atoms with Gasteiger partial charge < -0.3 is 4.42 Å². The Morgan fingerprint density at radius 1 is 0.457 bits per heavy atom. The van der Waals surface area contributed by atoms with E-state index in [9.17, 15) is 0 Å². The van der Waals surface area contributed by atoms with Crippen molar-refractivity contribution >= 4 is 43.6 Å². The summed E-state index contributed by atoms with van der Waals surface area (Å²) in [4.78, 5) is 10.2. The first-order valence-corrected chi connectivity index (χ1v) is 15.7. The van der Waals surface area contributed by atoms with E-state index >= 15 is 0 Å². The maximum Gasteiger partial charge on any atom is 0.160 e. The van der Waals surface area contributed by atoms with Gasteiger partial charge >= 0.3 is 0 Å². The number of hydrogen-bond acceptors (Lipinski definition) is 3.